The van der Waals surface area contributed by atoms with Gasteiger partial charge in [0, 0.05) is 34.3 Å². The summed E-state index contributed by atoms with van der Waals surface area (Å²) in [5.41, 5.74) is 2.53. The first kappa shape index (κ1) is 27.3. The molecule has 3 aromatic carbocycles. The predicted molar refractivity (Wildman–Crippen MR) is 155 cm³/mol. The lowest BCUT2D eigenvalue weighted by molar-refractivity contribution is 0.0731. The van der Waals surface area contributed by atoms with E-state index in [0.717, 1.165) is 5.56 Å². The number of methoxy groups -OCH3 is 1. The highest BCUT2D eigenvalue weighted by Gasteiger charge is 2.28. The van der Waals surface area contributed by atoms with Crippen LogP contribution in [0.3, 0.4) is 0 Å². The number of halogens is 4. The van der Waals surface area contributed by atoms with Crippen LogP contribution in [0.2, 0.25) is 20.1 Å². The van der Waals surface area contributed by atoms with Crippen LogP contribution in [0.15, 0.2) is 65.5 Å². The van der Waals surface area contributed by atoms with Gasteiger partial charge in [-0.3, -0.25) is 9.59 Å². The minimum atomic E-state index is -0.240. The number of hydrogen-bond donors (Lipinski definition) is 1. The van der Waals surface area contributed by atoms with Crippen LogP contribution in [0.1, 0.15) is 27.2 Å². The molecule has 39 heavy (non-hydrogen) atoms. The van der Waals surface area contributed by atoms with E-state index < -0.39 is 0 Å². The number of benzene rings is 3. The van der Waals surface area contributed by atoms with Crippen LogP contribution in [-0.4, -0.2) is 34.0 Å². The maximum atomic E-state index is 13.9. The molecular formula is C28H22Cl4N4O3. The monoisotopic (exact) mass is 602 g/mol. The summed E-state index contributed by atoms with van der Waals surface area (Å²) < 4.78 is 7.04. The summed E-state index contributed by atoms with van der Waals surface area (Å²) in [7, 11) is 1.54. The molecule has 1 aliphatic heterocycles. The molecule has 0 saturated heterocycles. The van der Waals surface area contributed by atoms with Crippen molar-refractivity contribution in [3.05, 3.63) is 113 Å². The minimum absolute atomic E-state index is 0.160. The summed E-state index contributed by atoms with van der Waals surface area (Å²) in [6, 6.07) is 17.2. The number of nitrogens with one attached hydrogen (secondary N) is 1. The zero-order valence-corrected chi connectivity index (χ0v) is 23.7. The largest absolute Gasteiger partial charge is 0.495 e. The number of carbonyl (C=O) groups is 1. The number of rotatable bonds is 6. The number of aromatic nitrogens is 2. The van der Waals surface area contributed by atoms with Crippen molar-refractivity contribution in [1.29, 1.82) is 0 Å². The van der Waals surface area contributed by atoms with Crippen LogP contribution < -0.4 is 15.6 Å². The Morgan fingerprint density at radius 2 is 1.79 bits per heavy atom. The molecule has 1 aromatic heterocycles. The first-order chi connectivity index (χ1) is 18.8. The molecule has 1 aliphatic rings. The Morgan fingerprint density at radius 1 is 1.00 bits per heavy atom. The number of carbonyl (C=O) groups excluding carboxylic acids is 1. The molecule has 200 valence electrons. The van der Waals surface area contributed by atoms with Crippen molar-refractivity contribution in [3.63, 3.8) is 0 Å². The molecule has 4 aromatic rings. The molecule has 11 heteroatoms. The fourth-order valence-electron chi connectivity index (χ4n) is 4.47. The highest BCUT2D eigenvalue weighted by atomic mass is 35.5. The van der Waals surface area contributed by atoms with Gasteiger partial charge in [-0.2, -0.15) is 0 Å². The molecule has 5 rings (SSSR count). The molecule has 0 spiro atoms. The van der Waals surface area contributed by atoms with Crippen molar-refractivity contribution in [3.8, 4) is 11.4 Å². The summed E-state index contributed by atoms with van der Waals surface area (Å²) in [6.45, 7) is 0.789. The van der Waals surface area contributed by atoms with Crippen LogP contribution in [0, 0.1) is 0 Å². The maximum Gasteiger partial charge on any atom is 0.263 e. The maximum absolute atomic E-state index is 13.9. The van der Waals surface area contributed by atoms with Crippen LogP contribution in [0.4, 0.5) is 5.95 Å². The lowest BCUT2D eigenvalue weighted by Crippen LogP contribution is -2.41. The number of anilines is 1. The highest BCUT2D eigenvalue weighted by molar-refractivity contribution is 6.42. The van der Waals surface area contributed by atoms with E-state index in [-0.39, 0.29) is 30.5 Å². The van der Waals surface area contributed by atoms with Crippen LogP contribution in [0.25, 0.3) is 5.69 Å². The van der Waals surface area contributed by atoms with E-state index in [2.05, 4.69) is 5.32 Å². The van der Waals surface area contributed by atoms with Gasteiger partial charge in [-0.05, 0) is 54.4 Å². The van der Waals surface area contributed by atoms with Crippen LogP contribution in [-0.2, 0) is 19.5 Å². The Bertz CT molecular complexity index is 1640. The molecule has 0 atom stereocenters. The number of hydrogen-bond acceptors (Lipinski definition) is 5. The van der Waals surface area contributed by atoms with Crippen molar-refractivity contribution in [2.75, 3.05) is 19.0 Å². The Morgan fingerprint density at radius 3 is 2.54 bits per heavy atom. The van der Waals surface area contributed by atoms with Crippen molar-refractivity contribution >= 4 is 58.3 Å². The fourth-order valence-corrected chi connectivity index (χ4v) is 5.24. The van der Waals surface area contributed by atoms with E-state index in [1.807, 2.05) is 12.1 Å². The summed E-state index contributed by atoms with van der Waals surface area (Å²) in [5.74, 6) is 0.580. The summed E-state index contributed by atoms with van der Waals surface area (Å²) in [5, 5.41) is 4.92. The smallest absolute Gasteiger partial charge is 0.263 e. The number of nitrogens with zero attached hydrogens (tertiary/aromatic N) is 3. The molecular weight excluding hydrogens is 582 g/mol. The quantitative estimate of drug-likeness (QED) is 0.266. The number of fused-ring (bicyclic) bond motifs is 1. The fraction of sp³-hybridized carbons (Fsp3) is 0.179. The number of para-hydroxylation sites is 2. The van der Waals surface area contributed by atoms with Gasteiger partial charge in [0.2, 0.25) is 5.95 Å². The Kier molecular flexibility index (Phi) is 8.05. The first-order valence-electron chi connectivity index (χ1n) is 12.0. The normalized spacial score (nSPS) is 12.7. The van der Waals surface area contributed by atoms with E-state index in [4.69, 9.17) is 56.1 Å². The van der Waals surface area contributed by atoms with Gasteiger partial charge in [0.15, 0.2) is 0 Å². The predicted octanol–water partition coefficient (Wildman–Crippen LogP) is 6.67. The van der Waals surface area contributed by atoms with E-state index in [9.17, 15) is 9.59 Å². The van der Waals surface area contributed by atoms with Gasteiger partial charge < -0.3 is 15.0 Å². The SMILES string of the molecule is COc1ccccc1-n1c(NCc2ccc(Cl)cc2Cl)nc2c(c1=O)CCN(C(=O)c1ccc(Cl)c(Cl)c1)C2. The number of amides is 1. The lowest BCUT2D eigenvalue weighted by atomic mass is 10.0. The average Bonchev–Trinajstić information content (AvgIpc) is 2.93. The first-order valence-corrected chi connectivity index (χ1v) is 13.5. The zero-order valence-electron chi connectivity index (χ0n) is 20.7. The zero-order chi connectivity index (χ0) is 27.7. The van der Waals surface area contributed by atoms with Crippen molar-refractivity contribution in [2.45, 2.75) is 19.5 Å². The third kappa shape index (κ3) is 5.58. The molecule has 7 nitrogen and oxygen atoms in total. The van der Waals surface area contributed by atoms with Crippen molar-refractivity contribution in [1.82, 2.24) is 14.5 Å². The molecule has 0 unspecified atom stereocenters. The van der Waals surface area contributed by atoms with Gasteiger partial charge in [-0.15, -0.1) is 0 Å². The molecule has 0 radical (unpaired) electrons. The van der Waals surface area contributed by atoms with E-state index in [1.54, 1.807) is 54.5 Å². The third-order valence-electron chi connectivity index (χ3n) is 6.47. The van der Waals surface area contributed by atoms with Crippen molar-refractivity contribution in [2.24, 2.45) is 0 Å². The van der Waals surface area contributed by atoms with E-state index >= 15 is 0 Å². The lowest BCUT2D eigenvalue weighted by Gasteiger charge is -2.29. The molecule has 2 heterocycles. The molecule has 0 aliphatic carbocycles. The summed E-state index contributed by atoms with van der Waals surface area (Å²) in [4.78, 5) is 33.6. The Hall–Kier alpha value is -3.23. The van der Waals surface area contributed by atoms with Gasteiger partial charge in [0.25, 0.3) is 11.5 Å². The van der Waals surface area contributed by atoms with Gasteiger partial charge >= 0.3 is 0 Å². The van der Waals surface area contributed by atoms with Crippen LogP contribution in [0.5, 0.6) is 5.75 Å². The second-order valence-electron chi connectivity index (χ2n) is 8.87. The van der Waals surface area contributed by atoms with Crippen molar-refractivity contribution < 1.29 is 9.53 Å². The molecule has 0 bridgehead atoms. The molecule has 0 fully saturated rings. The average molecular weight is 604 g/mol. The summed E-state index contributed by atoms with van der Waals surface area (Å²) in [6.07, 6.45) is 0.340. The van der Waals surface area contributed by atoms with Gasteiger partial charge in [-0.25, -0.2) is 9.55 Å². The molecule has 1 amide bonds. The second kappa shape index (κ2) is 11.5. The molecule has 1 N–H and O–H groups in total. The van der Waals surface area contributed by atoms with Gasteiger partial charge in [0.05, 0.1) is 35.1 Å². The van der Waals surface area contributed by atoms with E-state index in [1.165, 1.54) is 10.6 Å². The Labute approximate surface area is 244 Å². The van der Waals surface area contributed by atoms with E-state index in [0.29, 0.717) is 61.3 Å². The second-order valence-corrected chi connectivity index (χ2v) is 10.5. The molecule has 0 saturated carbocycles. The minimum Gasteiger partial charge on any atom is -0.495 e. The standard InChI is InChI=1S/C28H22Cl4N4O3/c1-39-25-5-3-2-4-24(25)36-27(38)19-10-11-35(26(37)16-7-9-20(30)22(32)12-16)15-23(19)34-28(36)33-14-17-6-8-18(29)13-21(17)31/h2-9,12-13H,10-11,14-15H2,1H3,(H,33,34). The van der Waals surface area contributed by atoms with Crippen LogP contribution >= 0.6 is 46.4 Å². The summed E-state index contributed by atoms with van der Waals surface area (Å²) >= 11 is 24.6. The van der Waals surface area contributed by atoms with Gasteiger partial charge in [0.1, 0.15) is 5.75 Å². The Balaban J connectivity index is 1.55. The topological polar surface area (TPSA) is 76.5 Å². The highest BCUT2D eigenvalue weighted by Crippen LogP contribution is 2.28. The number of ether oxygens (including phenoxy) is 1. The third-order valence-corrected chi connectivity index (χ3v) is 7.79. The van der Waals surface area contributed by atoms with Gasteiger partial charge in [-0.1, -0.05) is 64.6 Å².